The largest absolute Gasteiger partial charge is 0.418 e. The van der Waals surface area contributed by atoms with Crippen LogP contribution >= 0.6 is 11.6 Å². The Balaban J connectivity index is 2.65. The van der Waals surface area contributed by atoms with Crippen molar-refractivity contribution in [1.82, 2.24) is 9.78 Å². The van der Waals surface area contributed by atoms with Crippen LogP contribution in [0, 0.1) is 0 Å². The third kappa shape index (κ3) is 3.23. The lowest BCUT2D eigenvalue weighted by atomic mass is 10.1. The van der Waals surface area contributed by atoms with Gasteiger partial charge in [0, 0.05) is 11.6 Å². The number of aromatic nitrogens is 2. The number of halogens is 4. The number of rotatable bonds is 4. The first kappa shape index (κ1) is 15.9. The summed E-state index contributed by atoms with van der Waals surface area (Å²) in [6.07, 6.45) is -3.15. The molecule has 0 saturated heterocycles. The molecule has 2 aromatic rings. The maximum Gasteiger partial charge on any atom is 0.418 e. The number of benzene rings is 1. The van der Waals surface area contributed by atoms with Crippen molar-refractivity contribution in [2.75, 3.05) is 0 Å². The van der Waals surface area contributed by atoms with Crippen molar-refractivity contribution < 1.29 is 13.2 Å². The smallest absolute Gasteiger partial charge is 0.237 e. The summed E-state index contributed by atoms with van der Waals surface area (Å²) in [5.41, 5.74) is 1.32. The van der Waals surface area contributed by atoms with Crippen LogP contribution in [0.3, 0.4) is 0 Å². The Labute approximate surface area is 126 Å². The van der Waals surface area contributed by atoms with Gasteiger partial charge in [0.2, 0.25) is 0 Å². The zero-order chi connectivity index (χ0) is 15.6. The van der Waals surface area contributed by atoms with Gasteiger partial charge < -0.3 is 0 Å². The van der Waals surface area contributed by atoms with Crippen molar-refractivity contribution in [3.63, 3.8) is 0 Å². The van der Waals surface area contributed by atoms with Gasteiger partial charge in [0.25, 0.3) is 0 Å². The van der Waals surface area contributed by atoms with E-state index in [0.717, 1.165) is 17.5 Å². The van der Waals surface area contributed by atoms with E-state index in [1.165, 1.54) is 10.7 Å². The van der Waals surface area contributed by atoms with Gasteiger partial charge in [-0.3, -0.25) is 0 Å². The summed E-state index contributed by atoms with van der Waals surface area (Å²) in [7, 11) is 0. The van der Waals surface area contributed by atoms with Gasteiger partial charge >= 0.3 is 6.18 Å². The Kier molecular flexibility index (Phi) is 4.61. The lowest BCUT2D eigenvalue weighted by molar-refractivity contribution is -0.137. The van der Waals surface area contributed by atoms with Crippen molar-refractivity contribution in [3.05, 3.63) is 46.8 Å². The van der Waals surface area contributed by atoms with E-state index < -0.39 is 11.7 Å². The average molecular weight is 317 g/mol. The molecule has 114 valence electrons. The van der Waals surface area contributed by atoms with Gasteiger partial charge in [-0.1, -0.05) is 19.9 Å². The molecule has 0 atom stereocenters. The summed E-state index contributed by atoms with van der Waals surface area (Å²) in [5.74, 6) is 0.0450. The van der Waals surface area contributed by atoms with Crippen LogP contribution in [0.5, 0.6) is 0 Å². The van der Waals surface area contributed by atoms with Crippen LogP contribution < -0.4 is 0 Å². The molecule has 1 aromatic heterocycles. The molecule has 2 nitrogen and oxygen atoms in total. The molecular formula is C15H16ClF3N2. The molecule has 0 bridgehead atoms. The van der Waals surface area contributed by atoms with Crippen LogP contribution in [0.25, 0.3) is 5.69 Å². The van der Waals surface area contributed by atoms with Crippen LogP contribution in [-0.4, -0.2) is 9.78 Å². The molecule has 0 aliphatic heterocycles. The Morgan fingerprint density at radius 2 is 1.86 bits per heavy atom. The maximum atomic E-state index is 13.3. The van der Waals surface area contributed by atoms with Gasteiger partial charge in [0.15, 0.2) is 0 Å². The SMILES string of the molecule is CCc1cc(CC)n(-c2ccc(CCl)cc2C(F)(F)F)n1. The van der Waals surface area contributed by atoms with Crippen molar-refractivity contribution in [2.24, 2.45) is 0 Å². The standard InChI is InChI=1S/C15H16ClF3N2/c1-3-11-8-12(4-2)21(20-11)14-6-5-10(9-16)7-13(14)15(17,18)19/h5-8H,3-4,9H2,1-2H3. The molecule has 6 heteroatoms. The molecule has 0 unspecified atom stereocenters. The van der Waals surface area contributed by atoms with Crippen molar-refractivity contribution >= 4 is 11.6 Å². The van der Waals surface area contributed by atoms with Gasteiger partial charge in [-0.2, -0.15) is 18.3 Å². The molecule has 0 N–H and O–H groups in total. The van der Waals surface area contributed by atoms with E-state index in [4.69, 9.17) is 11.6 Å². The zero-order valence-electron chi connectivity index (χ0n) is 11.8. The first-order chi connectivity index (χ1) is 9.90. The molecular weight excluding hydrogens is 301 g/mol. The first-order valence-electron chi connectivity index (χ1n) is 6.75. The second-order valence-corrected chi connectivity index (χ2v) is 5.00. The number of nitrogens with zero attached hydrogens (tertiary/aromatic N) is 2. The maximum absolute atomic E-state index is 13.3. The fourth-order valence-electron chi connectivity index (χ4n) is 2.19. The third-order valence-electron chi connectivity index (χ3n) is 3.31. The Bertz CT molecular complexity index is 632. The predicted octanol–water partition coefficient (Wildman–Crippen LogP) is 4.75. The van der Waals surface area contributed by atoms with E-state index in [9.17, 15) is 13.2 Å². The lowest BCUT2D eigenvalue weighted by Gasteiger charge is -2.15. The van der Waals surface area contributed by atoms with Gasteiger partial charge in [-0.05, 0) is 36.6 Å². The van der Waals surface area contributed by atoms with Gasteiger partial charge in [0.05, 0.1) is 16.9 Å². The molecule has 21 heavy (non-hydrogen) atoms. The van der Waals surface area contributed by atoms with Crippen molar-refractivity contribution in [3.8, 4) is 5.69 Å². The second kappa shape index (κ2) is 6.10. The highest BCUT2D eigenvalue weighted by molar-refractivity contribution is 6.17. The zero-order valence-corrected chi connectivity index (χ0v) is 12.6. The molecule has 0 aliphatic carbocycles. The van der Waals surface area contributed by atoms with E-state index in [2.05, 4.69) is 5.10 Å². The summed E-state index contributed by atoms with van der Waals surface area (Å²) in [6.45, 7) is 3.82. The fraction of sp³-hybridized carbons (Fsp3) is 0.400. The van der Waals surface area contributed by atoms with E-state index in [1.54, 1.807) is 6.07 Å². The van der Waals surface area contributed by atoms with Crippen LogP contribution in [-0.2, 0) is 24.9 Å². The van der Waals surface area contributed by atoms with Gasteiger partial charge in [0.1, 0.15) is 0 Å². The molecule has 0 fully saturated rings. The summed E-state index contributed by atoms with van der Waals surface area (Å²) in [5, 5.41) is 4.28. The highest BCUT2D eigenvalue weighted by Gasteiger charge is 2.35. The minimum atomic E-state index is -4.44. The molecule has 0 spiro atoms. The van der Waals surface area contributed by atoms with E-state index >= 15 is 0 Å². The third-order valence-corrected chi connectivity index (χ3v) is 3.62. The summed E-state index contributed by atoms with van der Waals surface area (Å²) >= 11 is 5.64. The molecule has 2 rings (SSSR count). The predicted molar refractivity (Wildman–Crippen MR) is 76.9 cm³/mol. The number of alkyl halides is 4. The van der Waals surface area contributed by atoms with E-state index in [0.29, 0.717) is 18.4 Å². The van der Waals surface area contributed by atoms with Crippen molar-refractivity contribution in [1.29, 1.82) is 0 Å². The fourth-order valence-corrected chi connectivity index (χ4v) is 2.35. The van der Waals surface area contributed by atoms with Crippen LogP contribution in [0.1, 0.15) is 36.4 Å². The van der Waals surface area contributed by atoms with Gasteiger partial charge in [-0.15, -0.1) is 11.6 Å². The number of aryl methyl sites for hydroxylation is 2. The monoisotopic (exact) mass is 316 g/mol. The quantitative estimate of drug-likeness (QED) is 0.744. The highest BCUT2D eigenvalue weighted by Crippen LogP contribution is 2.35. The first-order valence-corrected chi connectivity index (χ1v) is 7.28. The summed E-state index contributed by atoms with van der Waals surface area (Å²) in [4.78, 5) is 0. The number of hydrogen-bond acceptors (Lipinski definition) is 1. The summed E-state index contributed by atoms with van der Waals surface area (Å²) in [6, 6.07) is 5.97. The van der Waals surface area contributed by atoms with E-state index in [-0.39, 0.29) is 11.6 Å². The number of hydrogen-bond donors (Lipinski definition) is 0. The van der Waals surface area contributed by atoms with Crippen LogP contribution in [0.4, 0.5) is 13.2 Å². The average Bonchev–Trinajstić information content (AvgIpc) is 2.89. The molecule has 1 aromatic carbocycles. The molecule has 0 radical (unpaired) electrons. The van der Waals surface area contributed by atoms with Gasteiger partial charge in [-0.25, -0.2) is 4.68 Å². The molecule has 0 aliphatic rings. The lowest BCUT2D eigenvalue weighted by Crippen LogP contribution is -2.13. The van der Waals surface area contributed by atoms with Crippen LogP contribution in [0.2, 0.25) is 0 Å². The Morgan fingerprint density at radius 3 is 2.38 bits per heavy atom. The van der Waals surface area contributed by atoms with Crippen LogP contribution in [0.15, 0.2) is 24.3 Å². The normalized spacial score (nSPS) is 11.9. The molecule has 1 heterocycles. The Hall–Kier alpha value is -1.49. The minimum absolute atomic E-state index is 0.0450. The summed E-state index contributed by atoms with van der Waals surface area (Å²) < 4.78 is 41.3. The molecule has 0 amide bonds. The van der Waals surface area contributed by atoms with E-state index in [1.807, 2.05) is 19.9 Å². The second-order valence-electron chi connectivity index (χ2n) is 4.73. The highest BCUT2D eigenvalue weighted by atomic mass is 35.5. The minimum Gasteiger partial charge on any atom is -0.237 e. The Morgan fingerprint density at radius 1 is 1.14 bits per heavy atom. The van der Waals surface area contributed by atoms with Crippen molar-refractivity contribution in [2.45, 2.75) is 38.7 Å². The molecule has 0 saturated carbocycles. The topological polar surface area (TPSA) is 17.8 Å².